The van der Waals surface area contributed by atoms with Gasteiger partial charge in [-0.05, 0) is 29.7 Å². The van der Waals surface area contributed by atoms with Crippen molar-refractivity contribution in [2.24, 2.45) is 0 Å². The minimum atomic E-state index is -2.08. The van der Waals surface area contributed by atoms with Crippen LogP contribution in [0.4, 0.5) is 17.6 Å². The molecule has 0 unspecified atom stereocenters. The maximum absolute atomic E-state index is 13.9. The zero-order valence-electron chi connectivity index (χ0n) is 14.1. The van der Waals surface area contributed by atoms with Crippen LogP contribution in [0, 0.1) is 23.3 Å². The van der Waals surface area contributed by atoms with Crippen LogP contribution in [0.1, 0.15) is 26.7 Å². The molecule has 0 spiro atoms. The van der Waals surface area contributed by atoms with Crippen LogP contribution < -0.4 is 5.19 Å². The van der Waals surface area contributed by atoms with E-state index in [9.17, 15) is 17.6 Å². The van der Waals surface area contributed by atoms with Gasteiger partial charge in [-0.2, -0.15) is 0 Å². The smallest absolute Gasteiger partial charge is 0.355 e. The first-order valence-electron chi connectivity index (χ1n) is 8.16. The van der Waals surface area contributed by atoms with Gasteiger partial charge in [-0.25, -0.2) is 17.6 Å². The first-order valence-corrected chi connectivity index (χ1v) is 9.68. The third-order valence-electron chi connectivity index (χ3n) is 3.54. The van der Waals surface area contributed by atoms with Gasteiger partial charge in [0.2, 0.25) is 0 Å². The number of halogens is 4. The SMILES string of the molecule is CCCO[SiH](OCCC)c1ccc(-c2cc(F)c(F)c(F)c2F)cc1. The van der Waals surface area contributed by atoms with Crippen molar-refractivity contribution in [3.63, 3.8) is 0 Å². The minimum absolute atomic E-state index is 0.248. The monoisotopic (exact) mass is 372 g/mol. The van der Waals surface area contributed by atoms with Crippen molar-refractivity contribution in [2.45, 2.75) is 26.7 Å². The fourth-order valence-corrected chi connectivity index (χ4v) is 4.18. The zero-order valence-corrected chi connectivity index (χ0v) is 15.3. The van der Waals surface area contributed by atoms with Crippen LogP contribution in [0.2, 0.25) is 0 Å². The largest absolute Gasteiger partial charge is 0.393 e. The van der Waals surface area contributed by atoms with Gasteiger partial charge in [0.25, 0.3) is 0 Å². The maximum atomic E-state index is 13.9. The molecule has 136 valence electrons. The van der Waals surface area contributed by atoms with E-state index in [0.29, 0.717) is 19.3 Å². The Morgan fingerprint density at radius 2 is 1.36 bits per heavy atom. The summed E-state index contributed by atoms with van der Waals surface area (Å²) in [7, 11) is -2.08. The molecule has 7 heteroatoms. The quantitative estimate of drug-likeness (QED) is 0.299. The summed E-state index contributed by atoms with van der Waals surface area (Å²) in [6, 6.07) is 7.08. The molecule has 0 bridgehead atoms. The molecule has 2 aromatic rings. The topological polar surface area (TPSA) is 18.5 Å². The summed E-state index contributed by atoms with van der Waals surface area (Å²) in [5, 5.41) is 0.842. The molecule has 0 radical (unpaired) electrons. The zero-order chi connectivity index (χ0) is 18.4. The first-order chi connectivity index (χ1) is 12.0. The van der Waals surface area contributed by atoms with Gasteiger partial charge in [0.15, 0.2) is 23.3 Å². The highest BCUT2D eigenvalue weighted by atomic mass is 28.3. The van der Waals surface area contributed by atoms with Gasteiger partial charge < -0.3 is 8.85 Å². The van der Waals surface area contributed by atoms with E-state index in [1.54, 1.807) is 12.1 Å². The number of benzene rings is 2. The van der Waals surface area contributed by atoms with Gasteiger partial charge in [0.05, 0.1) is 0 Å². The number of rotatable bonds is 8. The van der Waals surface area contributed by atoms with Crippen molar-refractivity contribution in [1.82, 2.24) is 0 Å². The standard InChI is InChI=1S/C18H20F4O2Si/c1-3-9-23-25(24-10-4-2)13-7-5-12(6-8-13)14-11-15(19)17(21)18(22)16(14)20/h5-8,11,25H,3-4,9-10H2,1-2H3. The molecule has 0 saturated heterocycles. The third kappa shape index (κ3) is 4.68. The third-order valence-corrected chi connectivity index (χ3v) is 5.55. The Morgan fingerprint density at radius 3 is 1.88 bits per heavy atom. The molecule has 2 nitrogen and oxygen atoms in total. The van der Waals surface area contributed by atoms with Crippen LogP contribution in [0.15, 0.2) is 30.3 Å². The van der Waals surface area contributed by atoms with Crippen molar-refractivity contribution in [3.8, 4) is 11.1 Å². The predicted molar refractivity (Wildman–Crippen MR) is 91.0 cm³/mol. The van der Waals surface area contributed by atoms with E-state index in [1.807, 2.05) is 13.8 Å². The molecule has 0 aromatic heterocycles. The highest BCUT2D eigenvalue weighted by molar-refractivity contribution is 6.61. The lowest BCUT2D eigenvalue weighted by atomic mass is 10.0. The lowest BCUT2D eigenvalue weighted by Gasteiger charge is -2.17. The maximum Gasteiger partial charge on any atom is 0.355 e. The Kier molecular flexibility index (Phi) is 7.16. The van der Waals surface area contributed by atoms with Crippen LogP contribution in [0.25, 0.3) is 11.1 Å². The van der Waals surface area contributed by atoms with E-state index in [-0.39, 0.29) is 11.1 Å². The fraction of sp³-hybridized carbons (Fsp3) is 0.333. The van der Waals surface area contributed by atoms with E-state index in [4.69, 9.17) is 8.85 Å². The Balaban J connectivity index is 2.29. The van der Waals surface area contributed by atoms with Gasteiger partial charge >= 0.3 is 9.28 Å². The van der Waals surface area contributed by atoms with Crippen LogP contribution in [-0.4, -0.2) is 22.5 Å². The Bertz CT molecular complexity index is 699. The van der Waals surface area contributed by atoms with Gasteiger partial charge in [-0.1, -0.05) is 38.1 Å². The van der Waals surface area contributed by atoms with E-state index >= 15 is 0 Å². The summed E-state index contributed by atoms with van der Waals surface area (Å²) < 4.78 is 65.3. The Labute approximate surface area is 146 Å². The normalized spacial score (nSPS) is 11.3. The molecule has 0 amide bonds. The fourth-order valence-electron chi connectivity index (χ4n) is 2.29. The van der Waals surface area contributed by atoms with E-state index < -0.39 is 32.6 Å². The lowest BCUT2D eigenvalue weighted by Crippen LogP contribution is -2.37. The molecular weight excluding hydrogens is 352 g/mol. The molecule has 0 saturated carbocycles. The van der Waals surface area contributed by atoms with Gasteiger partial charge in [0.1, 0.15) is 0 Å². The summed E-state index contributed by atoms with van der Waals surface area (Å²) in [5.74, 6) is -6.47. The van der Waals surface area contributed by atoms with Gasteiger partial charge in [0, 0.05) is 18.8 Å². The van der Waals surface area contributed by atoms with Crippen LogP contribution in [-0.2, 0) is 8.85 Å². The predicted octanol–water partition coefficient (Wildman–Crippen LogP) is 4.19. The van der Waals surface area contributed by atoms with Crippen LogP contribution in [0.5, 0.6) is 0 Å². The summed E-state index contributed by atoms with van der Waals surface area (Å²) in [6.07, 6.45) is 1.72. The Hall–Kier alpha value is -1.70. The van der Waals surface area contributed by atoms with Crippen molar-refractivity contribution >= 4 is 14.5 Å². The molecule has 0 aliphatic carbocycles. The minimum Gasteiger partial charge on any atom is -0.393 e. The molecule has 2 aromatic carbocycles. The highest BCUT2D eigenvalue weighted by Gasteiger charge is 2.21. The van der Waals surface area contributed by atoms with Crippen molar-refractivity contribution in [2.75, 3.05) is 13.2 Å². The summed E-state index contributed by atoms with van der Waals surface area (Å²) >= 11 is 0. The molecule has 0 fully saturated rings. The second-order valence-corrected chi connectivity index (χ2v) is 7.54. The second kappa shape index (κ2) is 9.12. The van der Waals surface area contributed by atoms with Gasteiger partial charge in [-0.3, -0.25) is 0 Å². The molecule has 0 atom stereocenters. The van der Waals surface area contributed by atoms with Crippen LogP contribution >= 0.6 is 0 Å². The van der Waals surface area contributed by atoms with Crippen molar-refractivity contribution < 1.29 is 26.4 Å². The summed E-state index contributed by atoms with van der Waals surface area (Å²) in [4.78, 5) is 0. The highest BCUT2D eigenvalue weighted by Crippen LogP contribution is 2.27. The van der Waals surface area contributed by atoms with Gasteiger partial charge in [-0.15, -0.1) is 0 Å². The molecule has 25 heavy (non-hydrogen) atoms. The van der Waals surface area contributed by atoms with E-state index in [0.717, 1.165) is 18.0 Å². The Morgan fingerprint density at radius 1 is 0.800 bits per heavy atom. The average molecular weight is 372 g/mol. The van der Waals surface area contributed by atoms with E-state index in [1.165, 1.54) is 12.1 Å². The molecule has 0 heterocycles. The number of hydrogen-bond acceptors (Lipinski definition) is 2. The molecule has 0 N–H and O–H groups in total. The lowest BCUT2D eigenvalue weighted by molar-refractivity contribution is 0.207. The van der Waals surface area contributed by atoms with Crippen molar-refractivity contribution in [1.29, 1.82) is 0 Å². The molecule has 0 aliphatic rings. The number of hydrogen-bond donors (Lipinski definition) is 0. The molecule has 2 rings (SSSR count). The summed E-state index contributed by atoms with van der Waals surface area (Å²) in [6.45, 7) is 5.14. The van der Waals surface area contributed by atoms with E-state index in [2.05, 4.69) is 0 Å². The molecular formula is C18H20F4O2Si. The first kappa shape index (κ1) is 19.6. The van der Waals surface area contributed by atoms with Crippen molar-refractivity contribution in [3.05, 3.63) is 53.6 Å². The average Bonchev–Trinajstić information content (AvgIpc) is 2.63. The second-order valence-electron chi connectivity index (χ2n) is 5.54. The molecule has 0 aliphatic heterocycles. The van der Waals surface area contributed by atoms with Crippen LogP contribution in [0.3, 0.4) is 0 Å². The summed E-state index contributed by atoms with van der Waals surface area (Å²) in [5.41, 5.74) is -0.0806.